The zero-order valence-electron chi connectivity index (χ0n) is 14.0. The smallest absolute Gasteiger partial charge is 0.311 e. The van der Waals surface area contributed by atoms with E-state index in [4.69, 9.17) is 0 Å². The van der Waals surface area contributed by atoms with Crippen LogP contribution in [0.4, 0.5) is 0 Å². The van der Waals surface area contributed by atoms with Crippen LogP contribution in [0.2, 0.25) is 0 Å². The molecule has 1 aromatic heterocycles. The van der Waals surface area contributed by atoms with E-state index in [0.29, 0.717) is 12.8 Å². The molecule has 0 saturated heterocycles. The summed E-state index contributed by atoms with van der Waals surface area (Å²) in [6, 6.07) is 7.91. The lowest BCUT2D eigenvalue weighted by Gasteiger charge is -2.33. The fourth-order valence-corrected chi connectivity index (χ4v) is 3.75. The lowest BCUT2D eigenvalue weighted by atomic mass is 9.74. The number of nitrogens with one attached hydrogen (secondary N) is 2. The van der Waals surface area contributed by atoms with Crippen LogP contribution < -0.4 is 5.32 Å². The molecule has 0 bridgehead atoms. The largest absolute Gasteiger partial charge is 0.481 e. The highest BCUT2D eigenvalue weighted by atomic mass is 16.4. The number of benzene rings is 1. The molecule has 3 rings (SSSR count). The topological polar surface area (TPSA) is 82.2 Å². The fourth-order valence-electron chi connectivity index (χ4n) is 3.75. The van der Waals surface area contributed by atoms with E-state index in [2.05, 4.69) is 10.3 Å². The van der Waals surface area contributed by atoms with Crippen LogP contribution in [0.5, 0.6) is 0 Å². The van der Waals surface area contributed by atoms with Crippen molar-refractivity contribution in [3.8, 4) is 0 Å². The van der Waals surface area contributed by atoms with Gasteiger partial charge in [-0.3, -0.25) is 9.59 Å². The quantitative estimate of drug-likeness (QED) is 0.788. The average Bonchev–Trinajstić information content (AvgIpc) is 2.89. The molecule has 1 fully saturated rings. The number of fused-ring (bicyclic) bond motifs is 1. The minimum absolute atomic E-state index is 0.117. The molecule has 1 heterocycles. The van der Waals surface area contributed by atoms with Gasteiger partial charge in [-0.15, -0.1) is 0 Å². The summed E-state index contributed by atoms with van der Waals surface area (Å²) < 4.78 is 0. The standard InChI is InChI=1S/C19H24N2O3/c1-13-15(14-7-3-4-8-16(14)21-13)11-17(22)20-12-19(18(23)24)9-5-2-6-10-19/h3-4,7-8,21H,2,5-6,9-12H2,1H3,(H,20,22)(H,23,24). The molecule has 128 valence electrons. The molecule has 1 amide bonds. The Kier molecular flexibility index (Phi) is 4.60. The number of hydrogen-bond donors (Lipinski definition) is 3. The van der Waals surface area contributed by atoms with Gasteiger partial charge in [0.15, 0.2) is 0 Å². The molecule has 24 heavy (non-hydrogen) atoms. The lowest BCUT2D eigenvalue weighted by Crippen LogP contribution is -2.44. The number of para-hydroxylation sites is 1. The van der Waals surface area contributed by atoms with Crippen LogP contribution in [0.1, 0.15) is 43.4 Å². The maximum atomic E-state index is 12.4. The maximum absolute atomic E-state index is 12.4. The first-order valence-electron chi connectivity index (χ1n) is 8.58. The number of carbonyl (C=O) groups is 2. The van der Waals surface area contributed by atoms with Gasteiger partial charge in [-0.05, 0) is 31.4 Å². The van der Waals surface area contributed by atoms with E-state index in [1.807, 2.05) is 31.2 Å². The van der Waals surface area contributed by atoms with Gasteiger partial charge < -0.3 is 15.4 Å². The predicted octanol–water partition coefficient (Wildman–Crippen LogP) is 3.17. The van der Waals surface area contributed by atoms with E-state index in [0.717, 1.165) is 41.4 Å². The fraction of sp³-hybridized carbons (Fsp3) is 0.474. The minimum Gasteiger partial charge on any atom is -0.481 e. The molecule has 1 saturated carbocycles. The Morgan fingerprint density at radius 3 is 2.62 bits per heavy atom. The maximum Gasteiger partial charge on any atom is 0.311 e. The minimum atomic E-state index is -0.789. The van der Waals surface area contributed by atoms with Crippen molar-refractivity contribution in [3.63, 3.8) is 0 Å². The second kappa shape index (κ2) is 6.67. The number of aromatic nitrogens is 1. The summed E-state index contributed by atoms with van der Waals surface area (Å²) in [5.41, 5.74) is 2.20. The Balaban J connectivity index is 1.69. The van der Waals surface area contributed by atoms with Gasteiger partial charge in [-0.2, -0.15) is 0 Å². The molecule has 0 unspecified atom stereocenters. The number of hydrogen-bond acceptors (Lipinski definition) is 2. The Labute approximate surface area is 141 Å². The number of aliphatic carboxylic acids is 1. The number of carboxylic acids is 1. The van der Waals surface area contributed by atoms with Crippen molar-refractivity contribution in [1.29, 1.82) is 0 Å². The predicted molar refractivity (Wildman–Crippen MR) is 92.9 cm³/mol. The number of amides is 1. The van der Waals surface area contributed by atoms with Crippen molar-refractivity contribution in [2.24, 2.45) is 5.41 Å². The molecule has 0 atom stereocenters. The van der Waals surface area contributed by atoms with Gasteiger partial charge in [-0.1, -0.05) is 37.5 Å². The second-order valence-corrected chi connectivity index (χ2v) is 6.87. The highest BCUT2D eigenvalue weighted by Gasteiger charge is 2.39. The van der Waals surface area contributed by atoms with E-state index < -0.39 is 11.4 Å². The molecule has 1 aliphatic carbocycles. The van der Waals surface area contributed by atoms with Gasteiger partial charge in [-0.25, -0.2) is 0 Å². The molecule has 0 radical (unpaired) electrons. The Morgan fingerprint density at radius 2 is 1.92 bits per heavy atom. The first-order valence-corrected chi connectivity index (χ1v) is 8.58. The third-order valence-corrected chi connectivity index (χ3v) is 5.25. The lowest BCUT2D eigenvalue weighted by molar-refractivity contribution is -0.151. The zero-order valence-corrected chi connectivity index (χ0v) is 14.0. The Bertz CT molecular complexity index is 757. The molecule has 2 aromatic rings. The van der Waals surface area contributed by atoms with Crippen molar-refractivity contribution < 1.29 is 14.7 Å². The van der Waals surface area contributed by atoms with Crippen molar-refractivity contribution in [2.45, 2.75) is 45.4 Å². The normalized spacial score (nSPS) is 16.9. The van der Waals surface area contributed by atoms with Crippen LogP contribution in [-0.2, 0) is 16.0 Å². The van der Waals surface area contributed by atoms with Gasteiger partial charge in [0.25, 0.3) is 0 Å². The van der Waals surface area contributed by atoms with Crippen LogP contribution in [0.25, 0.3) is 10.9 Å². The molecular formula is C19H24N2O3. The van der Waals surface area contributed by atoms with E-state index in [1.165, 1.54) is 0 Å². The number of rotatable bonds is 5. The SMILES string of the molecule is Cc1[nH]c2ccccc2c1CC(=O)NCC1(C(=O)O)CCCCC1. The van der Waals surface area contributed by atoms with Gasteiger partial charge in [0.1, 0.15) is 0 Å². The Hall–Kier alpha value is -2.30. The van der Waals surface area contributed by atoms with Crippen molar-refractivity contribution >= 4 is 22.8 Å². The number of aryl methyl sites for hydroxylation is 1. The summed E-state index contributed by atoms with van der Waals surface area (Å²) in [6.07, 6.45) is 4.49. The zero-order chi connectivity index (χ0) is 17.2. The third-order valence-electron chi connectivity index (χ3n) is 5.25. The third kappa shape index (κ3) is 3.16. The number of H-pyrrole nitrogens is 1. The van der Waals surface area contributed by atoms with Crippen molar-refractivity contribution in [3.05, 3.63) is 35.5 Å². The van der Waals surface area contributed by atoms with Crippen LogP contribution >= 0.6 is 0 Å². The summed E-state index contributed by atoms with van der Waals surface area (Å²) in [5.74, 6) is -0.903. The summed E-state index contributed by atoms with van der Waals surface area (Å²) in [6.45, 7) is 2.19. The molecular weight excluding hydrogens is 304 g/mol. The number of carboxylic acid groups (broad SMARTS) is 1. The molecule has 0 spiro atoms. The molecule has 5 nitrogen and oxygen atoms in total. The second-order valence-electron chi connectivity index (χ2n) is 6.87. The molecule has 1 aromatic carbocycles. The van der Waals surface area contributed by atoms with E-state index in [-0.39, 0.29) is 18.9 Å². The van der Waals surface area contributed by atoms with Gasteiger partial charge >= 0.3 is 5.97 Å². The van der Waals surface area contributed by atoms with Gasteiger partial charge in [0, 0.05) is 23.1 Å². The molecule has 3 N–H and O–H groups in total. The van der Waals surface area contributed by atoms with Gasteiger partial charge in [0.05, 0.1) is 11.8 Å². The monoisotopic (exact) mass is 328 g/mol. The summed E-state index contributed by atoms with van der Waals surface area (Å²) in [4.78, 5) is 27.4. The van der Waals surface area contributed by atoms with E-state index in [1.54, 1.807) is 0 Å². The number of aromatic amines is 1. The van der Waals surface area contributed by atoms with E-state index >= 15 is 0 Å². The summed E-state index contributed by atoms with van der Waals surface area (Å²) in [7, 11) is 0. The van der Waals surface area contributed by atoms with Crippen molar-refractivity contribution in [2.75, 3.05) is 6.54 Å². The molecule has 5 heteroatoms. The first kappa shape index (κ1) is 16.6. The first-order chi connectivity index (χ1) is 11.5. The highest BCUT2D eigenvalue weighted by molar-refractivity contribution is 5.90. The average molecular weight is 328 g/mol. The van der Waals surface area contributed by atoms with Crippen LogP contribution in [0.15, 0.2) is 24.3 Å². The Morgan fingerprint density at radius 1 is 1.21 bits per heavy atom. The summed E-state index contributed by atoms with van der Waals surface area (Å²) in [5, 5.41) is 13.5. The van der Waals surface area contributed by atoms with Crippen molar-refractivity contribution in [1.82, 2.24) is 10.3 Å². The van der Waals surface area contributed by atoms with Gasteiger partial charge in [0.2, 0.25) is 5.91 Å². The highest BCUT2D eigenvalue weighted by Crippen LogP contribution is 2.36. The van der Waals surface area contributed by atoms with Crippen LogP contribution in [0, 0.1) is 12.3 Å². The molecule has 0 aliphatic heterocycles. The van der Waals surface area contributed by atoms with Crippen LogP contribution in [0.3, 0.4) is 0 Å². The van der Waals surface area contributed by atoms with E-state index in [9.17, 15) is 14.7 Å². The summed E-state index contributed by atoms with van der Waals surface area (Å²) >= 11 is 0. The van der Waals surface area contributed by atoms with Crippen LogP contribution in [-0.4, -0.2) is 28.5 Å². The molecule has 1 aliphatic rings. The number of carbonyl (C=O) groups excluding carboxylic acids is 1.